The molecule has 0 saturated carbocycles. The monoisotopic (exact) mass is 365 g/mol. The Morgan fingerprint density at radius 1 is 0.947 bits per heavy atom. The van der Waals surface area contributed by atoms with Crippen LogP contribution in [0.5, 0.6) is 5.75 Å². The van der Waals surface area contributed by atoms with Crippen LogP contribution < -0.4 is 4.52 Å². The summed E-state index contributed by atoms with van der Waals surface area (Å²) >= 11 is 0. The Balaban J connectivity index is 0.00000324. The zero-order valence-electron chi connectivity index (χ0n) is 11.7. The van der Waals surface area contributed by atoms with Gasteiger partial charge in [-0.25, -0.2) is 0 Å². The van der Waals surface area contributed by atoms with Crippen LogP contribution in [-0.4, -0.2) is 0 Å². The van der Waals surface area contributed by atoms with Gasteiger partial charge in [0.05, 0.1) is 0 Å². The minimum Gasteiger partial charge on any atom is -0.256 e. The summed E-state index contributed by atoms with van der Waals surface area (Å²) in [6.45, 7) is 2.25. The van der Waals surface area contributed by atoms with E-state index in [4.69, 9.17) is 4.52 Å². The van der Waals surface area contributed by atoms with Gasteiger partial charge < -0.3 is 0 Å². The van der Waals surface area contributed by atoms with Gasteiger partial charge in [0.1, 0.15) is 0 Å². The van der Waals surface area contributed by atoms with Crippen molar-refractivity contribution in [2.75, 3.05) is 0 Å². The summed E-state index contributed by atoms with van der Waals surface area (Å²) in [6, 6.07) is 7.90. The van der Waals surface area contributed by atoms with E-state index in [2.05, 4.69) is 19.1 Å². The molecule has 0 aliphatic heterocycles. The molecule has 0 aromatic heterocycles. The van der Waals surface area contributed by atoms with Crippen molar-refractivity contribution in [3.05, 3.63) is 29.8 Å². The number of unbranched alkanes of at least 4 members (excludes halogenated alkanes) is 6. The topological polar surface area (TPSA) is 26.3 Å². The molecule has 0 aliphatic rings. The molecule has 1 aromatic carbocycles. The van der Waals surface area contributed by atoms with Gasteiger partial charge in [0, 0.05) is 21.1 Å². The quantitative estimate of drug-likeness (QED) is 0.321. The standard InChI is InChI=1S/C15H24O2P.Mo/c1-2-3-4-5-6-7-8-9-14-10-12-15(13-11-14)17-18-16;/h10-13,18H,2-9H2,1H3;/q+1;. The van der Waals surface area contributed by atoms with Gasteiger partial charge in [-0.2, -0.15) is 0 Å². The van der Waals surface area contributed by atoms with Crippen LogP contribution in [0.4, 0.5) is 0 Å². The van der Waals surface area contributed by atoms with Crippen molar-refractivity contribution in [1.29, 1.82) is 0 Å². The van der Waals surface area contributed by atoms with Crippen LogP contribution in [0.2, 0.25) is 0 Å². The molecule has 1 aromatic rings. The van der Waals surface area contributed by atoms with Crippen molar-refractivity contribution in [3.8, 4) is 5.75 Å². The summed E-state index contributed by atoms with van der Waals surface area (Å²) in [5.41, 5.74) is 1.34. The van der Waals surface area contributed by atoms with E-state index in [0.29, 0.717) is 5.75 Å². The Kier molecular flexibility index (Phi) is 12.7. The molecule has 1 unspecified atom stereocenters. The fourth-order valence-electron chi connectivity index (χ4n) is 2.06. The van der Waals surface area contributed by atoms with Crippen molar-refractivity contribution in [2.24, 2.45) is 0 Å². The van der Waals surface area contributed by atoms with Gasteiger partial charge in [-0.15, -0.1) is 0 Å². The number of aryl methyl sites for hydroxylation is 1. The number of hydrogen-bond acceptors (Lipinski definition) is 2. The Labute approximate surface area is 132 Å². The number of benzene rings is 1. The summed E-state index contributed by atoms with van der Waals surface area (Å²) in [5, 5.41) is 0. The van der Waals surface area contributed by atoms with Gasteiger partial charge in [0.2, 0.25) is 0 Å². The molecule has 0 spiro atoms. The summed E-state index contributed by atoms with van der Waals surface area (Å²) in [4.78, 5) is 0. The maximum atomic E-state index is 10.3. The molecule has 0 N–H and O–H groups in total. The fraction of sp³-hybridized carbons (Fsp3) is 0.600. The average Bonchev–Trinajstić information content (AvgIpc) is 2.40. The summed E-state index contributed by atoms with van der Waals surface area (Å²) in [5.74, 6) is 0.687. The molecular formula is C15H24MoO2P+. The normalized spacial score (nSPS) is 10.2. The van der Waals surface area contributed by atoms with Gasteiger partial charge in [0.15, 0.2) is 5.75 Å². The Bertz CT molecular complexity index is 327. The molecular weight excluding hydrogens is 339 g/mol. The van der Waals surface area contributed by atoms with E-state index < -0.39 is 8.69 Å². The maximum absolute atomic E-state index is 10.3. The molecule has 1 atom stereocenters. The Morgan fingerprint density at radius 3 is 2.11 bits per heavy atom. The zero-order valence-corrected chi connectivity index (χ0v) is 14.7. The molecule has 0 fully saturated rings. The van der Waals surface area contributed by atoms with E-state index in [1.807, 2.05) is 12.1 Å². The van der Waals surface area contributed by atoms with Crippen LogP contribution in [0.25, 0.3) is 0 Å². The predicted octanol–water partition coefficient (Wildman–Crippen LogP) is 5.30. The van der Waals surface area contributed by atoms with Crippen LogP contribution in [0.15, 0.2) is 24.3 Å². The SMILES string of the molecule is CCCCCCCCCc1ccc(O[PH+]=O)cc1.[Mo]. The molecule has 19 heavy (non-hydrogen) atoms. The molecule has 0 amide bonds. The second-order valence-electron chi connectivity index (χ2n) is 4.70. The zero-order chi connectivity index (χ0) is 13.1. The largest absolute Gasteiger partial charge is 0.542 e. The number of rotatable bonds is 10. The first-order valence-corrected chi connectivity index (χ1v) is 7.81. The molecule has 0 bridgehead atoms. The van der Waals surface area contributed by atoms with Crippen molar-refractivity contribution < 1.29 is 30.2 Å². The van der Waals surface area contributed by atoms with Crippen molar-refractivity contribution in [1.82, 2.24) is 0 Å². The third-order valence-electron chi connectivity index (χ3n) is 3.15. The van der Waals surface area contributed by atoms with Crippen molar-refractivity contribution >= 4 is 8.69 Å². The van der Waals surface area contributed by atoms with Crippen LogP contribution in [0, 0.1) is 0 Å². The van der Waals surface area contributed by atoms with Crippen molar-refractivity contribution in [2.45, 2.75) is 58.3 Å². The molecule has 106 valence electrons. The molecule has 0 heterocycles. The molecule has 4 heteroatoms. The van der Waals surface area contributed by atoms with Gasteiger partial charge in [-0.05, 0) is 35.1 Å². The molecule has 0 radical (unpaired) electrons. The second kappa shape index (κ2) is 12.8. The van der Waals surface area contributed by atoms with Gasteiger partial charge in [-0.3, -0.25) is 4.52 Å². The van der Waals surface area contributed by atoms with E-state index in [0.717, 1.165) is 6.42 Å². The van der Waals surface area contributed by atoms with Crippen molar-refractivity contribution in [3.63, 3.8) is 0 Å². The van der Waals surface area contributed by atoms with Crippen LogP contribution >= 0.6 is 8.69 Å². The van der Waals surface area contributed by atoms with E-state index in [-0.39, 0.29) is 21.1 Å². The minimum atomic E-state index is -0.718. The summed E-state index contributed by atoms with van der Waals surface area (Å²) in [7, 11) is -0.718. The smallest absolute Gasteiger partial charge is 0.256 e. The van der Waals surface area contributed by atoms with E-state index in [1.54, 1.807) is 0 Å². The Hall–Kier alpha value is -0.192. The van der Waals surface area contributed by atoms with E-state index in [1.165, 1.54) is 50.5 Å². The van der Waals surface area contributed by atoms with Crippen LogP contribution in [0.3, 0.4) is 0 Å². The van der Waals surface area contributed by atoms with Gasteiger partial charge in [-0.1, -0.05) is 57.6 Å². The van der Waals surface area contributed by atoms with Gasteiger partial charge in [0.25, 0.3) is 0 Å². The number of hydrogen-bond donors (Lipinski definition) is 0. The van der Waals surface area contributed by atoms with E-state index >= 15 is 0 Å². The first-order chi connectivity index (χ1) is 8.86. The second-order valence-corrected chi connectivity index (χ2v) is 5.07. The Morgan fingerprint density at radius 2 is 1.53 bits per heavy atom. The fourth-order valence-corrected chi connectivity index (χ4v) is 2.29. The third-order valence-corrected chi connectivity index (χ3v) is 3.47. The predicted molar refractivity (Wildman–Crippen MR) is 77.8 cm³/mol. The summed E-state index contributed by atoms with van der Waals surface area (Å²) < 4.78 is 15.2. The first-order valence-electron chi connectivity index (χ1n) is 6.99. The summed E-state index contributed by atoms with van der Waals surface area (Å²) in [6.07, 6.45) is 10.5. The van der Waals surface area contributed by atoms with Crippen LogP contribution in [0.1, 0.15) is 57.4 Å². The minimum absolute atomic E-state index is 0. The molecule has 1 rings (SSSR count). The molecule has 0 saturated heterocycles. The first kappa shape index (κ1) is 18.8. The maximum Gasteiger partial charge on any atom is 0.542 e. The van der Waals surface area contributed by atoms with E-state index in [9.17, 15) is 4.57 Å². The average molecular weight is 363 g/mol. The third kappa shape index (κ3) is 9.36. The van der Waals surface area contributed by atoms with Gasteiger partial charge >= 0.3 is 8.69 Å². The molecule has 2 nitrogen and oxygen atoms in total. The van der Waals surface area contributed by atoms with Crippen LogP contribution in [-0.2, 0) is 32.1 Å². The molecule has 0 aliphatic carbocycles.